The summed E-state index contributed by atoms with van der Waals surface area (Å²) < 4.78 is 28.2. The number of hydrogen-bond acceptors (Lipinski definition) is 1. The fourth-order valence-corrected chi connectivity index (χ4v) is 0.412. The van der Waals surface area contributed by atoms with Crippen LogP contribution in [0.4, 0.5) is 8.78 Å². The van der Waals surface area contributed by atoms with Crippen molar-refractivity contribution in [2.75, 3.05) is 19.0 Å². The number of rotatable bonds is 3. The molecule has 0 rings (SSSR count). The third kappa shape index (κ3) is 3.32. The molecule has 50 valence electrons. The predicted octanol–water partition coefficient (Wildman–Crippen LogP) is 1.66. The molecule has 8 heavy (non-hydrogen) atoms. The van der Waals surface area contributed by atoms with Gasteiger partial charge in [-0.25, -0.2) is 8.78 Å². The van der Waals surface area contributed by atoms with Crippen molar-refractivity contribution in [3.63, 3.8) is 0 Å². The second-order valence-corrected chi connectivity index (χ2v) is 1.98. The molecule has 0 aromatic carbocycles. The Morgan fingerprint density at radius 2 is 2.12 bits per heavy atom. The molecule has 0 saturated heterocycles. The molecule has 0 aromatic rings. The first-order chi connectivity index (χ1) is 3.62. The minimum atomic E-state index is -2.71. The van der Waals surface area contributed by atoms with Crippen LogP contribution in [0.5, 0.6) is 0 Å². The standard InChI is InChI=1S/C4H7BrF2O/c1-8-3-4(6,7)2-5/h2-3H2,1H3. The quantitative estimate of drug-likeness (QED) is 0.613. The van der Waals surface area contributed by atoms with Gasteiger partial charge in [-0.05, 0) is 0 Å². The summed E-state index contributed by atoms with van der Waals surface area (Å²) in [4.78, 5) is 0. The first-order valence-corrected chi connectivity index (χ1v) is 3.17. The fourth-order valence-electron chi connectivity index (χ4n) is 0.250. The highest BCUT2D eigenvalue weighted by atomic mass is 79.9. The number of hydrogen-bond donors (Lipinski definition) is 0. The summed E-state index contributed by atoms with van der Waals surface area (Å²) in [6.07, 6.45) is 0. The first kappa shape index (κ1) is 8.30. The molecule has 0 heterocycles. The summed E-state index contributed by atoms with van der Waals surface area (Å²) >= 11 is 2.64. The summed E-state index contributed by atoms with van der Waals surface area (Å²) in [6, 6.07) is 0. The number of halogens is 3. The minimum absolute atomic E-state index is 0.339. The van der Waals surface area contributed by atoms with E-state index < -0.39 is 12.5 Å². The van der Waals surface area contributed by atoms with Crippen LogP contribution >= 0.6 is 15.9 Å². The topological polar surface area (TPSA) is 9.23 Å². The van der Waals surface area contributed by atoms with Gasteiger partial charge in [-0.1, -0.05) is 15.9 Å². The van der Waals surface area contributed by atoms with Gasteiger partial charge in [0.2, 0.25) is 0 Å². The van der Waals surface area contributed by atoms with E-state index in [4.69, 9.17) is 0 Å². The zero-order chi connectivity index (χ0) is 6.62. The summed E-state index contributed by atoms with van der Waals surface area (Å²) in [5, 5.41) is -0.339. The maximum absolute atomic E-state index is 12.0. The highest BCUT2D eigenvalue weighted by Crippen LogP contribution is 2.15. The van der Waals surface area contributed by atoms with E-state index in [0.717, 1.165) is 0 Å². The van der Waals surface area contributed by atoms with Crippen molar-refractivity contribution >= 4 is 15.9 Å². The van der Waals surface area contributed by atoms with E-state index in [-0.39, 0.29) is 5.33 Å². The Labute approximate surface area is 55.1 Å². The van der Waals surface area contributed by atoms with Crippen LogP contribution in [0.1, 0.15) is 0 Å². The van der Waals surface area contributed by atoms with Crippen molar-refractivity contribution in [2.45, 2.75) is 5.92 Å². The second kappa shape index (κ2) is 3.35. The molecule has 0 aromatic heterocycles. The van der Waals surface area contributed by atoms with E-state index in [1.807, 2.05) is 0 Å². The van der Waals surface area contributed by atoms with Gasteiger partial charge in [0, 0.05) is 7.11 Å². The molecule has 0 N–H and O–H groups in total. The summed E-state index contributed by atoms with van der Waals surface area (Å²) in [5.41, 5.74) is 0. The summed E-state index contributed by atoms with van der Waals surface area (Å²) in [5.74, 6) is -2.71. The van der Waals surface area contributed by atoms with Crippen LogP contribution in [0.2, 0.25) is 0 Å². The van der Waals surface area contributed by atoms with E-state index in [0.29, 0.717) is 0 Å². The lowest BCUT2D eigenvalue weighted by Gasteiger charge is -2.09. The molecule has 4 heteroatoms. The molecule has 1 nitrogen and oxygen atoms in total. The molecule has 0 amide bonds. The average Bonchev–Trinajstić information content (AvgIpc) is 1.67. The average molecular weight is 189 g/mol. The van der Waals surface area contributed by atoms with Gasteiger partial charge in [0.1, 0.15) is 6.61 Å². The highest BCUT2D eigenvalue weighted by Gasteiger charge is 2.26. The number of ether oxygens (including phenoxy) is 1. The lowest BCUT2D eigenvalue weighted by molar-refractivity contribution is -0.0427. The zero-order valence-electron chi connectivity index (χ0n) is 4.46. The summed E-state index contributed by atoms with van der Waals surface area (Å²) in [6.45, 7) is -0.516. The molecule has 0 bridgehead atoms. The van der Waals surface area contributed by atoms with Crippen LogP contribution in [0.15, 0.2) is 0 Å². The van der Waals surface area contributed by atoms with Crippen LogP contribution < -0.4 is 0 Å². The van der Waals surface area contributed by atoms with Crippen LogP contribution in [0.25, 0.3) is 0 Å². The Morgan fingerprint density at radius 1 is 1.62 bits per heavy atom. The zero-order valence-corrected chi connectivity index (χ0v) is 6.04. The molecule has 0 radical (unpaired) electrons. The predicted molar refractivity (Wildman–Crippen MR) is 30.6 cm³/mol. The normalized spacial score (nSPS) is 12.0. The van der Waals surface area contributed by atoms with E-state index in [2.05, 4.69) is 20.7 Å². The van der Waals surface area contributed by atoms with Crippen molar-refractivity contribution in [2.24, 2.45) is 0 Å². The third-order valence-corrected chi connectivity index (χ3v) is 1.37. The molecule has 0 atom stereocenters. The first-order valence-electron chi connectivity index (χ1n) is 2.05. The number of methoxy groups -OCH3 is 1. The van der Waals surface area contributed by atoms with E-state index in [1.165, 1.54) is 7.11 Å². The second-order valence-electron chi connectivity index (χ2n) is 1.42. The van der Waals surface area contributed by atoms with E-state index in [9.17, 15) is 8.78 Å². The van der Waals surface area contributed by atoms with Crippen molar-refractivity contribution in [3.05, 3.63) is 0 Å². The molecule has 0 fully saturated rings. The van der Waals surface area contributed by atoms with Crippen LogP contribution in [-0.2, 0) is 4.74 Å². The molecule has 0 aliphatic heterocycles. The maximum atomic E-state index is 12.0. The van der Waals surface area contributed by atoms with Gasteiger partial charge in [0.25, 0.3) is 5.92 Å². The molecule has 0 aliphatic rings. The highest BCUT2D eigenvalue weighted by molar-refractivity contribution is 9.09. The lowest BCUT2D eigenvalue weighted by Crippen LogP contribution is -2.24. The van der Waals surface area contributed by atoms with E-state index in [1.54, 1.807) is 0 Å². The Kier molecular flexibility index (Phi) is 3.48. The Hall–Kier alpha value is 0.300. The van der Waals surface area contributed by atoms with E-state index >= 15 is 0 Å². The SMILES string of the molecule is COCC(F)(F)CBr. The van der Waals surface area contributed by atoms with Gasteiger partial charge >= 0.3 is 0 Å². The Morgan fingerprint density at radius 3 is 2.25 bits per heavy atom. The molecular formula is C4H7BrF2O. The monoisotopic (exact) mass is 188 g/mol. The van der Waals surface area contributed by atoms with Crippen LogP contribution in [-0.4, -0.2) is 25.0 Å². The van der Waals surface area contributed by atoms with Gasteiger partial charge in [-0.15, -0.1) is 0 Å². The van der Waals surface area contributed by atoms with Gasteiger partial charge in [0.05, 0.1) is 5.33 Å². The van der Waals surface area contributed by atoms with Crippen molar-refractivity contribution in [1.29, 1.82) is 0 Å². The van der Waals surface area contributed by atoms with Crippen LogP contribution in [0, 0.1) is 0 Å². The van der Waals surface area contributed by atoms with Crippen molar-refractivity contribution in [1.82, 2.24) is 0 Å². The van der Waals surface area contributed by atoms with Crippen molar-refractivity contribution < 1.29 is 13.5 Å². The molecule has 0 spiro atoms. The summed E-state index contributed by atoms with van der Waals surface area (Å²) in [7, 11) is 1.25. The molecule has 0 unspecified atom stereocenters. The largest absolute Gasteiger partial charge is 0.378 e. The minimum Gasteiger partial charge on any atom is -0.378 e. The number of alkyl halides is 3. The fraction of sp³-hybridized carbons (Fsp3) is 1.00. The Balaban J connectivity index is 3.37. The van der Waals surface area contributed by atoms with Crippen molar-refractivity contribution in [3.8, 4) is 0 Å². The Bertz CT molecular complexity index is 67.1. The third-order valence-electron chi connectivity index (χ3n) is 0.551. The van der Waals surface area contributed by atoms with Gasteiger partial charge in [-0.2, -0.15) is 0 Å². The smallest absolute Gasteiger partial charge is 0.280 e. The van der Waals surface area contributed by atoms with Gasteiger partial charge in [0.15, 0.2) is 0 Å². The maximum Gasteiger partial charge on any atom is 0.280 e. The molecular weight excluding hydrogens is 182 g/mol. The van der Waals surface area contributed by atoms with Crippen LogP contribution in [0.3, 0.4) is 0 Å². The van der Waals surface area contributed by atoms with Gasteiger partial charge < -0.3 is 4.74 Å². The lowest BCUT2D eigenvalue weighted by atomic mass is 10.4. The van der Waals surface area contributed by atoms with Gasteiger partial charge in [-0.3, -0.25) is 0 Å². The molecule has 0 saturated carbocycles. The molecule has 0 aliphatic carbocycles.